The Labute approximate surface area is 108 Å². The van der Waals surface area contributed by atoms with Crippen LogP contribution in [-0.2, 0) is 0 Å². The summed E-state index contributed by atoms with van der Waals surface area (Å²) >= 11 is 2.11. The van der Waals surface area contributed by atoms with Gasteiger partial charge in [-0.25, -0.2) is 4.39 Å². The van der Waals surface area contributed by atoms with Gasteiger partial charge in [0.05, 0.1) is 12.1 Å². The van der Waals surface area contributed by atoms with Crippen molar-refractivity contribution >= 4 is 28.3 Å². The minimum atomic E-state index is -0.283. The highest BCUT2D eigenvalue weighted by Crippen LogP contribution is 2.25. The van der Waals surface area contributed by atoms with Crippen molar-refractivity contribution in [1.82, 2.24) is 0 Å². The third-order valence-electron chi connectivity index (χ3n) is 3.00. The molecule has 1 saturated carbocycles. The molecule has 4 heteroatoms. The van der Waals surface area contributed by atoms with Gasteiger partial charge >= 0.3 is 0 Å². The molecular formula is C12H15FINO. The molecule has 0 saturated heterocycles. The molecule has 88 valence electrons. The summed E-state index contributed by atoms with van der Waals surface area (Å²) in [7, 11) is 0. The Morgan fingerprint density at radius 3 is 2.75 bits per heavy atom. The van der Waals surface area contributed by atoms with Crippen molar-refractivity contribution in [2.24, 2.45) is 0 Å². The number of halogens is 2. The van der Waals surface area contributed by atoms with Gasteiger partial charge in [0, 0.05) is 9.26 Å². The van der Waals surface area contributed by atoms with Gasteiger partial charge in [-0.3, -0.25) is 0 Å². The van der Waals surface area contributed by atoms with Gasteiger partial charge in [0.15, 0.2) is 0 Å². The number of hydrogen-bond donors (Lipinski definition) is 2. The van der Waals surface area contributed by atoms with Gasteiger partial charge in [-0.1, -0.05) is 12.8 Å². The second-order valence-corrected chi connectivity index (χ2v) is 5.39. The first kappa shape index (κ1) is 12.1. The number of nitrogens with one attached hydrogen (secondary N) is 1. The molecule has 0 bridgehead atoms. The van der Waals surface area contributed by atoms with Gasteiger partial charge in [-0.15, -0.1) is 0 Å². The maximum atomic E-state index is 12.9. The molecule has 16 heavy (non-hydrogen) atoms. The lowest BCUT2D eigenvalue weighted by molar-refractivity contribution is 0.116. The molecule has 0 amide bonds. The van der Waals surface area contributed by atoms with Gasteiger partial charge in [0.25, 0.3) is 0 Å². The maximum absolute atomic E-state index is 12.9. The van der Waals surface area contributed by atoms with E-state index in [2.05, 4.69) is 27.9 Å². The third-order valence-corrected chi connectivity index (χ3v) is 3.89. The Bertz CT molecular complexity index is 372. The molecular weight excluding hydrogens is 320 g/mol. The first-order valence-corrected chi connectivity index (χ1v) is 6.64. The molecule has 0 heterocycles. The zero-order valence-corrected chi connectivity index (χ0v) is 11.1. The number of rotatable bonds is 2. The summed E-state index contributed by atoms with van der Waals surface area (Å²) < 4.78 is 13.8. The lowest BCUT2D eigenvalue weighted by Crippen LogP contribution is -2.36. The Balaban J connectivity index is 2.07. The fourth-order valence-electron chi connectivity index (χ4n) is 2.09. The predicted octanol–water partition coefficient (Wildman–Crippen LogP) is 3.15. The number of benzene rings is 1. The van der Waals surface area contributed by atoms with Crippen LogP contribution in [0, 0.1) is 9.39 Å². The van der Waals surface area contributed by atoms with Crippen LogP contribution < -0.4 is 5.32 Å². The first-order valence-electron chi connectivity index (χ1n) is 5.56. The zero-order valence-electron chi connectivity index (χ0n) is 8.92. The SMILES string of the molecule is O[C@@H]1CCCC[C@H]1Nc1ccc(F)cc1I. The molecule has 2 rings (SSSR count). The van der Waals surface area contributed by atoms with E-state index < -0.39 is 0 Å². The van der Waals surface area contributed by atoms with E-state index in [-0.39, 0.29) is 18.0 Å². The highest BCUT2D eigenvalue weighted by Gasteiger charge is 2.23. The van der Waals surface area contributed by atoms with Crippen molar-refractivity contribution in [2.45, 2.75) is 37.8 Å². The minimum Gasteiger partial charge on any atom is -0.391 e. The van der Waals surface area contributed by atoms with E-state index in [0.717, 1.165) is 34.9 Å². The van der Waals surface area contributed by atoms with Crippen LogP contribution in [0.25, 0.3) is 0 Å². The molecule has 0 aliphatic heterocycles. The molecule has 1 fully saturated rings. The van der Waals surface area contributed by atoms with Crippen LogP contribution in [0.5, 0.6) is 0 Å². The van der Waals surface area contributed by atoms with Crippen LogP contribution in [-0.4, -0.2) is 17.3 Å². The lowest BCUT2D eigenvalue weighted by atomic mass is 9.92. The molecule has 1 aromatic rings. The molecule has 0 spiro atoms. The fourth-order valence-corrected chi connectivity index (χ4v) is 2.72. The van der Waals surface area contributed by atoms with Gasteiger partial charge < -0.3 is 10.4 Å². The highest BCUT2D eigenvalue weighted by molar-refractivity contribution is 14.1. The molecule has 0 aromatic heterocycles. The van der Waals surface area contributed by atoms with Crippen molar-refractivity contribution in [3.05, 3.63) is 27.6 Å². The second-order valence-electron chi connectivity index (χ2n) is 4.23. The fraction of sp³-hybridized carbons (Fsp3) is 0.500. The molecule has 2 N–H and O–H groups in total. The maximum Gasteiger partial charge on any atom is 0.124 e. The van der Waals surface area contributed by atoms with E-state index in [9.17, 15) is 9.50 Å². The molecule has 2 nitrogen and oxygen atoms in total. The van der Waals surface area contributed by atoms with Gasteiger partial charge in [0.1, 0.15) is 5.82 Å². The average molecular weight is 335 g/mol. The Hall–Kier alpha value is -0.360. The standard InChI is InChI=1S/C12H15FINO/c13-8-5-6-10(9(14)7-8)15-11-3-1-2-4-12(11)16/h5-7,11-12,15-16H,1-4H2/t11-,12-/m1/s1. The molecule has 1 aliphatic rings. The van der Waals surface area contributed by atoms with E-state index in [1.165, 1.54) is 12.1 Å². The smallest absolute Gasteiger partial charge is 0.124 e. The summed E-state index contributed by atoms with van der Waals surface area (Å²) in [4.78, 5) is 0. The van der Waals surface area contributed by atoms with Gasteiger partial charge in [-0.2, -0.15) is 0 Å². The summed E-state index contributed by atoms with van der Waals surface area (Å²) in [6, 6.07) is 4.78. The number of anilines is 1. The van der Waals surface area contributed by atoms with E-state index in [0.29, 0.717) is 0 Å². The lowest BCUT2D eigenvalue weighted by Gasteiger charge is -2.29. The average Bonchev–Trinajstić information content (AvgIpc) is 2.25. The highest BCUT2D eigenvalue weighted by atomic mass is 127. The third kappa shape index (κ3) is 2.85. The van der Waals surface area contributed by atoms with Crippen LogP contribution in [0.4, 0.5) is 10.1 Å². The molecule has 1 aliphatic carbocycles. The Kier molecular flexibility index (Phi) is 4.02. The first-order chi connectivity index (χ1) is 7.66. The second kappa shape index (κ2) is 5.31. The monoisotopic (exact) mass is 335 g/mol. The van der Waals surface area contributed by atoms with Gasteiger partial charge in [0.2, 0.25) is 0 Å². The Morgan fingerprint density at radius 2 is 2.06 bits per heavy atom. The largest absolute Gasteiger partial charge is 0.391 e. The number of hydrogen-bond acceptors (Lipinski definition) is 2. The Morgan fingerprint density at radius 1 is 1.31 bits per heavy atom. The minimum absolute atomic E-state index is 0.104. The normalized spacial score (nSPS) is 25.4. The molecule has 1 aromatic carbocycles. The van der Waals surface area contributed by atoms with Gasteiger partial charge in [-0.05, 0) is 53.6 Å². The van der Waals surface area contributed by atoms with E-state index in [1.54, 1.807) is 6.07 Å². The quantitative estimate of drug-likeness (QED) is 0.814. The number of aliphatic hydroxyl groups is 1. The topological polar surface area (TPSA) is 32.3 Å². The van der Waals surface area contributed by atoms with Crippen molar-refractivity contribution in [3.63, 3.8) is 0 Å². The summed E-state index contributed by atoms with van der Waals surface area (Å²) in [5.74, 6) is -0.223. The van der Waals surface area contributed by atoms with Crippen LogP contribution in [0.2, 0.25) is 0 Å². The van der Waals surface area contributed by atoms with Crippen molar-refractivity contribution < 1.29 is 9.50 Å². The van der Waals surface area contributed by atoms with Crippen molar-refractivity contribution in [2.75, 3.05) is 5.32 Å². The summed E-state index contributed by atoms with van der Waals surface area (Å²) in [5.41, 5.74) is 0.910. The zero-order chi connectivity index (χ0) is 11.5. The molecule has 0 radical (unpaired) electrons. The molecule has 0 unspecified atom stereocenters. The summed E-state index contributed by atoms with van der Waals surface area (Å²) in [5, 5.41) is 13.1. The van der Waals surface area contributed by atoms with E-state index in [4.69, 9.17) is 0 Å². The summed E-state index contributed by atoms with van der Waals surface area (Å²) in [6.45, 7) is 0. The van der Waals surface area contributed by atoms with Crippen LogP contribution >= 0.6 is 22.6 Å². The summed E-state index contributed by atoms with van der Waals surface area (Å²) in [6.07, 6.45) is 3.80. The molecule has 2 atom stereocenters. The van der Waals surface area contributed by atoms with E-state index >= 15 is 0 Å². The van der Waals surface area contributed by atoms with Crippen molar-refractivity contribution in [1.29, 1.82) is 0 Å². The predicted molar refractivity (Wildman–Crippen MR) is 71.0 cm³/mol. The van der Waals surface area contributed by atoms with Crippen LogP contribution in [0.15, 0.2) is 18.2 Å². The van der Waals surface area contributed by atoms with E-state index in [1.807, 2.05) is 0 Å². The number of aliphatic hydroxyl groups excluding tert-OH is 1. The van der Waals surface area contributed by atoms with Crippen LogP contribution in [0.3, 0.4) is 0 Å². The van der Waals surface area contributed by atoms with Crippen molar-refractivity contribution in [3.8, 4) is 0 Å². The van der Waals surface area contributed by atoms with Crippen LogP contribution in [0.1, 0.15) is 25.7 Å².